The number of phosphoric acid groups is 1. The number of carbonyl (C=O) groups excluding carboxylic acids is 2. The van der Waals surface area contributed by atoms with Crippen LogP contribution >= 0.6 is 7.82 Å². The average Bonchev–Trinajstić information content (AvgIpc) is 3.34. The van der Waals surface area contributed by atoms with E-state index in [1.807, 2.05) is 0 Å². The number of nitrogens with two attached hydrogens (primary N) is 1. The third kappa shape index (κ3) is 55.4. The number of ether oxygens (including phenoxy) is 2. The summed E-state index contributed by atoms with van der Waals surface area (Å²) in [5.41, 5.74) is 5.37. The van der Waals surface area contributed by atoms with Crippen molar-refractivity contribution in [1.29, 1.82) is 0 Å². The average molecular weight is 995 g/mol. The van der Waals surface area contributed by atoms with Gasteiger partial charge in [0.15, 0.2) is 6.10 Å². The number of allylic oxidation sites excluding steroid dienone is 6. The Bertz CT molecular complexity index is 1220. The molecule has 0 rings (SSSR count). The van der Waals surface area contributed by atoms with Gasteiger partial charge in [0.1, 0.15) is 6.61 Å². The van der Waals surface area contributed by atoms with Gasteiger partial charge in [-0.3, -0.25) is 18.6 Å². The summed E-state index contributed by atoms with van der Waals surface area (Å²) >= 11 is 0. The van der Waals surface area contributed by atoms with Gasteiger partial charge in [0.25, 0.3) is 0 Å². The minimum atomic E-state index is -4.38. The van der Waals surface area contributed by atoms with Crippen molar-refractivity contribution >= 4 is 19.8 Å². The molecule has 0 amide bonds. The molecule has 3 N–H and O–H groups in total. The van der Waals surface area contributed by atoms with E-state index in [9.17, 15) is 19.0 Å². The Morgan fingerprint density at radius 1 is 0.435 bits per heavy atom. The molecule has 0 aliphatic carbocycles. The van der Waals surface area contributed by atoms with Crippen molar-refractivity contribution in [3.05, 3.63) is 36.5 Å². The molecule has 0 aromatic heterocycles. The fourth-order valence-electron chi connectivity index (χ4n) is 8.65. The number of phosphoric ester groups is 1. The molecule has 0 spiro atoms. The van der Waals surface area contributed by atoms with Crippen LogP contribution in [0.5, 0.6) is 0 Å². The van der Waals surface area contributed by atoms with Crippen LogP contribution in [0.2, 0.25) is 0 Å². The van der Waals surface area contributed by atoms with Crippen molar-refractivity contribution in [3.63, 3.8) is 0 Å². The van der Waals surface area contributed by atoms with Gasteiger partial charge in [-0.2, -0.15) is 0 Å². The van der Waals surface area contributed by atoms with Crippen LogP contribution in [0, 0.1) is 0 Å². The Hall–Kier alpha value is -1.77. The molecular weight excluding hydrogens is 882 g/mol. The van der Waals surface area contributed by atoms with Crippen LogP contribution in [-0.4, -0.2) is 49.3 Å². The van der Waals surface area contributed by atoms with Gasteiger partial charge in [-0.15, -0.1) is 0 Å². The standard InChI is InChI=1S/C59H112NO8P/c1-3-5-7-9-11-13-15-16-17-18-19-20-21-22-23-24-25-26-27-28-29-30-31-32-33-34-35-36-37-38-39-40-42-44-46-48-50-52-59(62)68-57(56-67-69(63,64)66-54-53-60)55-65-58(61)51-49-47-45-43-41-14-12-10-8-6-4-2/h15-16,18-19,21-22,57H,3-14,17,20,23-56,60H2,1-2H3,(H,63,64)/b16-15-,19-18-,22-21-. The van der Waals surface area contributed by atoms with Gasteiger partial charge in [-0.1, -0.05) is 269 Å². The zero-order valence-corrected chi connectivity index (χ0v) is 46.2. The summed E-state index contributed by atoms with van der Waals surface area (Å²) in [5, 5.41) is 0. The van der Waals surface area contributed by atoms with Crippen LogP contribution in [0.1, 0.15) is 296 Å². The lowest BCUT2D eigenvalue weighted by molar-refractivity contribution is -0.161. The first-order chi connectivity index (χ1) is 33.8. The predicted octanol–water partition coefficient (Wildman–Crippen LogP) is 18.4. The van der Waals surface area contributed by atoms with Crippen molar-refractivity contribution in [2.24, 2.45) is 5.73 Å². The van der Waals surface area contributed by atoms with E-state index in [4.69, 9.17) is 24.3 Å². The molecule has 9 nitrogen and oxygen atoms in total. The maximum atomic E-state index is 12.7. The molecule has 0 aromatic carbocycles. The van der Waals surface area contributed by atoms with E-state index < -0.39 is 26.5 Å². The van der Waals surface area contributed by atoms with E-state index in [1.165, 1.54) is 218 Å². The van der Waals surface area contributed by atoms with E-state index in [1.54, 1.807) is 0 Å². The summed E-state index contributed by atoms with van der Waals surface area (Å²) in [6.45, 7) is 3.75. The first-order valence-electron chi connectivity index (χ1n) is 29.5. The Morgan fingerprint density at radius 2 is 0.754 bits per heavy atom. The Labute approximate surface area is 426 Å². The number of hydrogen-bond donors (Lipinski definition) is 2. The highest BCUT2D eigenvalue weighted by Crippen LogP contribution is 2.43. The van der Waals surface area contributed by atoms with Gasteiger partial charge in [-0.05, 0) is 51.4 Å². The SMILES string of the molecule is CCCCCCC/C=C\C/C=C\C/C=C\CCCCCCCCCCCCCCCCCCCCCCCCC(=O)OC(COC(=O)CCCCCCCCCCCCC)COP(=O)(O)OCCN. The van der Waals surface area contributed by atoms with Crippen LogP contribution in [0.15, 0.2) is 36.5 Å². The molecule has 406 valence electrons. The largest absolute Gasteiger partial charge is 0.472 e. The van der Waals surface area contributed by atoms with Crippen molar-refractivity contribution in [2.45, 2.75) is 302 Å². The second kappa shape index (κ2) is 55.5. The third-order valence-electron chi connectivity index (χ3n) is 13.0. The van der Waals surface area contributed by atoms with Crippen molar-refractivity contribution in [2.75, 3.05) is 26.4 Å². The number of carbonyl (C=O) groups is 2. The van der Waals surface area contributed by atoms with E-state index in [2.05, 4.69) is 50.3 Å². The van der Waals surface area contributed by atoms with Crippen molar-refractivity contribution < 1.29 is 37.6 Å². The lowest BCUT2D eigenvalue weighted by Gasteiger charge is -2.19. The van der Waals surface area contributed by atoms with Crippen LogP contribution in [0.25, 0.3) is 0 Å². The van der Waals surface area contributed by atoms with Gasteiger partial charge >= 0.3 is 19.8 Å². The van der Waals surface area contributed by atoms with Gasteiger partial charge in [0, 0.05) is 19.4 Å². The van der Waals surface area contributed by atoms with Crippen molar-refractivity contribution in [1.82, 2.24) is 0 Å². The molecule has 69 heavy (non-hydrogen) atoms. The number of rotatable bonds is 56. The summed E-state index contributed by atoms with van der Waals surface area (Å²) in [5.74, 6) is -0.814. The summed E-state index contributed by atoms with van der Waals surface area (Å²) in [7, 11) is -4.38. The topological polar surface area (TPSA) is 134 Å². The third-order valence-corrected chi connectivity index (χ3v) is 14.0. The second-order valence-electron chi connectivity index (χ2n) is 19.9. The number of hydrogen-bond acceptors (Lipinski definition) is 8. The van der Waals surface area contributed by atoms with Gasteiger partial charge in [-0.25, -0.2) is 4.57 Å². The molecular formula is C59H112NO8P. The van der Waals surface area contributed by atoms with Gasteiger partial charge < -0.3 is 20.1 Å². The Kier molecular flexibility index (Phi) is 54.1. The normalized spacial score (nSPS) is 13.3. The maximum Gasteiger partial charge on any atom is 0.472 e. The first-order valence-corrected chi connectivity index (χ1v) is 31.0. The van der Waals surface area contributed by atoms with Gasteiger partial charge in [0.2, 0.25) is 0 Å². The van der Waals surface area contributed by atoms with E-state index >= 15 is 0 Å². The van der Waals surface area contributed by atoms with Crippen LogP contribution < -0.4 is 5.73 Å². The zero-order valence-electron chi connectivity index (χ0n) is 45.3. The van der Waals surface area contributed by atoms with Crippen LogP contribution in [0.4, 0.5) is 0 Å². The quantitative estimate of drug-likeness (QED) is 0.0264. The van der Waals surface area contributed by atoms with E-state index in [-0.39, 0.29) is 38.6 Å². The fourth-order valence-corrected chi connectivity index (χ4v) is 9.41. The fraction of sp³-hybridized carbons (Fsp3) is 0.864. The van der Waals surface area contributed by atoms with Crippen LogP contribution in [0.3, 0.4) is 0 Å². The Balaban J connectivity index is 3.75. The molecule has 0 aliphatic heterocycles. The van der Waals surface area contributed by atoms with E-state index in [0.29, 0.717) is 6.42 Å². The molecule has 0 aromatic rings. The van der Waals surface area contributed by atoms with Crippen molar-refractivity contribution in [3.8, 4) is 0 Å². The zero-order chi connectivity index (χ0) is 50.2. The summed E-state index contributed by atoms with van der Waals surface area (Å²) in [6.07, 6.45) is 66.6. The molecule has 0 fully saturated rings. The smallest absolute Gasteiger partial charge is 0.462 e. The molecule has 0 aliphatic rings. The molecule has 2 atom stereocenters. The van der Waals surface area contributed by atoms with Gasteiger partial charge in [0.05, 0.1) is 13.2 Å². The Morgan fingerprint density at radius 3 is 1.12 bits per heavy atom. The highest BCUT2D eigenvalue weighted by atomic mass is 31.2. The molecule has 2 unspecified atom stereocenters. The number of esters is 2. The molecule has 0 saturated heterocycles. The second-order valence-corrected chi connectivity index (χ2v) is 21.3. The maximum absolute atomic E-state index is 12.7. The lowest BCUT2D eigenvalue weighted by Crippen LogP contribution is -2.29. The first kappa shape index (κ1) is 67.2. The summed E-state index contributed by atoms with van der Waals surface area (Å²) in [4.78, 5) is 35.0. The molecule has 0 bridgehead atoms. The lowest BCUT2D eigenvalue weighted by atomic mass is 10.0. The molecule has 0 saturated carbocycles. The molecule has 0 heterocycles. The van der Waals surface area contributed by atoms with E-state index in [0.717, 1.165) is 44.9 Å². The number of unbranched alkanes of at least 4 members (excludes halogenated alkanes) is 37. The monoisotopic (exact) mass is 994 g/mol. The highest BCUT2D eigenvalue weighted by Gasteiger charge is 2.26. The highest BCUT2D eigenvalue weighted by molar-refractivity contribution is 7.47. The minimum Gasteiger partial charge on any atom is -0.462 e. The molecule has 10 heteroatoms. The predicted molar refractivity (Wildman–Crippen MR) is 294 cm³/mol. The molecule has 0 radical (unpaired) electrons. The van der Waals surface area contributed by atoms with Crippen LogP contribution in [-0.2, 0) is 32.7 Å². The summed E-state index contributed by atoms with van der Waals surface area (Å²) < 4.78 is 32.9. The summed E-state index contributed by atoms with van der Waals surface area (Å²) in [6, 6.07) is 0. The minimum absolute atomic E-state index is 0.0561.